The summed E-state index contributed by atoms with van der Waals surface area (Å²) in [5, 5.41) is 3.80. The molecule has 200 valence electrons. The molecule has 0 atom stereocenters. The third-order valence-electron chi connectivity index (χ3n) is 6.65. The molecule has 4 rings (SSSR count). The van der Waals surface area contributed by atoms with Gasteiger partial charge in [-0.25, -0.2) is 4.98 Å². The largest absolute Gasteiger partial charge is 0.496 e. The highest BCUT2D eigenvalue weighted by atomic mass is 35.5. The number of nitrogens with zero attached hydrogens (tertiary/aromatic N) is 2. The molecule has 0 unspecified atom stereocenters. The van der Waals surface area contributed by atoms with Crippen LogP contribution in [0.3, 0.4) is 0 Å². The van der Waals surface area contributed by atoms with Gasteiger partial charge < -0.3 is 19.4 Å². The Morgan fingerprint density at radius 2 is 1.71 bits per heavy atom. The van der Waals surface area contributed by atoms with Crippen molar-refractivity contribution in [2.45, 2.75) is 52.5 Å². The zero-order valence-corrected chi connectivity index (χ0v) is 23.2. The number of halogens is 1. The Morgan fingerprint density at radius 1 is 0.974 bits per heavy atom. The van der Waals surface area contributed by atoms with Crippen LogP contribution in [0.25, 0.3) is 11.0 Å². The minimum absolute atomic E-state index is 0.101. The van der Waals surface area contributed by atoms with E-state index in [9.17, 15) is 4.79 Å². The minimum Gasteiger partial charge on any atom is -0.496 e. The van der Waals surface area contributed by atoms with Crippen molar-refractivity contribution in [2.75, 3.05) is 20.3 Å². The Balaban J connectivity index is 1.26. The molecular weight excluding hydrogens is 498 g/mol. The summed E-state index contributed by atoms with van der Waals surface area (Å²) in [6.45, 7) is 6.10. The first-order chi connectivity index (χ1) is 18.5. The fraction of sp³-hybridized carbons (Fsp3) is 0.355. The fourth-order valence-electron chi connectivity index (χ4n) is 4.68. The van der Waals surface area contributed by atoms with E-state index in [0.29, 0.717) is 24.5 Å². The van der Waals surface area contributed by atoms with Crippen LogP contribution in [0.1, 0.15) is 53.0 Å². The molecule has 3 aromatic carbocycles. The zero-order chi connectivity index (χ0) is 26.9. The number of aromatic nitrogens is 2. The molecular formula is C31H36ClN3O3. The van der Waals surface area contributed by atoms with Crippen LogP contribution in [-0.4, -0.2) is 35.7 Å². The molecule has 38 heavy (non-hydrogen) atoms. The Morgan fingerprint density at radius 3 is 2.50 bits per heavy atom. The van der Waals surface area contributed by atoms with Crippen LogP contribution >= 0.6 is 11.6 Å². The topological polar surface area (TPSA) is 65.4 Å². The maximum absolute atomic E-state index is 12.5. The second-order valence-electron chi connectivity index (χ2n) is 9.51. The first kappa shape index (κ1) is 27.5. The smallest absolute Gasteiger partial charge is 0.255 e. The summed E-state index contributed by atoms with van der Waals surface area (Å²) in [5.74, 6) is 2.45. The van der Waals surface area contributed by atoms with E-state index < -0.39 is 0 Å². The summed E-state index contributed by atoms with van der Waals surface area (Å²) in [4.78, 5) is 17.4. The van der Waals surface area contributed by atoms with Crippen molar-refractivity contribution in [1.29, 1.82) is 0 Å². The summed E-state index contributed by atoms with van der Waals surface area (Å²) >= 11 is 6.28. The Bertz CT molecular complexity index is 1360. The van der Waals surface area contributed by atoms with Gasteiger partial charge in [0.25, 0.3) is 5.91 Å². The lowest BCUT2D eigenvalue weighted by Gasteiger charge is -2.12. The number of carbonyl (C=O) groups excluding carboxylic acids is 1. The number of unbranched alkanes of at least 4 members (excludes halogenated alkanes) is 2. The van der Waals surface area contributed by atoms with Crippen LogP contribution < -0.4 is 14.8 Å². The highest BCUT2D eigenvalue weighted by Crippen LogP contribution is 2.26. The number of imidazole rings is 1. The number of hydrogen-bond donors (Lipinski definition) is 1. The van der Waals surface area contributed by atoms with E-state index in [2.05, 4.69) is 28.1 Å². The monoisotopic (exact) mass is 533 g/mol. The van der Waals surface area contributed by atoms with Gasteiger partial charge in [0.05, 0.1) is 30.3 Å². The van der Waals surface area contributed by atoms with Crippen molar-refractivity contribution in [3.8, 4) is 11.5 Å². The lowest BCUT2D eigenvalue weighted by Crippen LogP contribution is -2.24. The number of ether oxygens (including phenoxy) is 2. The number of nitrogens with one attached hydrogen (secondary N) is 1. The molecule has 1 heterocycles. The van der Waals surface area contributed by atoms with Crippen molar-refractivity contribution < 1.29 is 14.3 Å². The second kappa shape index (κ2) is 13.3. The number of fused-ring (bicyclic) bond motifs is 1. The minimum atomic E-state index is -0.101. The van der Waals surface area contributed by atoms with Crippen LogP contribution in [0.2, 0.25) is 5.02 Å². The number of methoxy groups -OCH3 is 1. The molecule has 1 aromatic heterocycles. The quantitative estimate of drug-likeness (QED) is 0.189. The van der Waals surface area contributed by atoms with E-state index in [-0.39, 0.29) is 5.91 Å². The van der Waals surface area contributed by atoms with E-state index in [0.717, 1.165) is 77.4 Å². The molecule has 0 aliphatic carbocycles. The molecule has 6 nitrogen and oxygen atoms in total. The van der Waals surface area contributed by atoms with Crippen molar-refractivity contribution in [2.24, 2.45) is 0 Å². The SMILES string of the molecule is COc1ccccc1C(=O)NCCCCCc1nc2ccccc2n1CCCOc1cc(C)c(Cl)c(C)c1. The molecule has 4 aromatic rings. The van der Waals surface area contributed by atoms with Gasteiger partial charge in [-0.1, -0.05) is 42.3 Å². The van der Waals surface area contributed by atoms with Crippen molar-refractivity contribution in [3.63, 3.8) is 0 Å². The molecule has 0 spiro atoms. The predicted molar refractivity (Wildman–Crippen MR) is 154 cm³/mol. The van der Waals surface area contributed by atoms with E-state index in [4.69, 9.17) is 26.1 Å². The van der Waals surface area contributed by atoms with Gasteiger partial charge in [0.15, 0.2) is 0 Å². The lowest BCUT2D eigenvalue weighted by molar-refractivity contribution is 0.0950. The fourth-order valence-corrected chi connectivity index (χ4v) is 4.79. The molecule has 0 saturated carbocycles. The third-order valence-corrected chi connectivity index (χ3v) is 7.25. The number of rotatable bonds is 13. The lowest BCUT2D eigenvalue weighted by atomic mass is 10.1. The number of amides is 1. The highest BCUT2D eigenvalue weighted by molar-refractivity contribution is 6.32. The molecule has 0 radical (unpaired) electrons. The molecule has 0 fully saturated rings. The summed E-state index contributed by atoms with van der Waals surface area (Å²) in [6.07, 6.45) is 4.70. The van der Waals surface area contributed by atoms with Crippen molar-refractivity contribution in [3.05, 3.63) is 88.2 Å². The first-order valence-corrected chi connectivity index (χ1v) is 13.6. The van der Waals surface area contributed by atoms with Gasteiger partial charge in [0.2, 0.25) is 0 Å². The van der Waals surface area contributed by atoms with Gasteiger partial charge in [-0.2, -0.15) is 0 Å². The van der Waals surface area contributed by atoms with E-state index in [1.54, 1.807) is 19.2 Å². The average Bonchev–Trinajstić information content (AvgIpc) is 3.28. The van der Waals surface area contributed by atoms with Gasteiger partial charge in [-0.3, -0.25) is 4.79 Å². The number of hydrogen-bond acceptors (Lipinski definition) is 4. The normalized spacial score (nSPS) is 11.1. The van der Waals surface area contributed by atoms with Crippen LogP contribution in [-0.2, 0) is 13.0 Å². The van der Waals surface area contributed by atoms with Gasteiger partial charge in [-0.05, 0) is 80.6 Å². The van der Waals surface area contributed by atoms with Crippen molar-refractivity contribution in [1.82, 2.24) is 14.9 Å². The molecule has 0 bridgehead atoms. The molecule has 1 amide bonds. The third kappa shape index (κ3) is 6.87. The maximum atomic E-state index is 12.5. The summed E-state index contributed by atoms with van der Waals surface area (Å²) in [7, 11) is 1.58. The van der Waals surface area contributed by atoms with Gasteiger partial charge in [0, 0.05) is 24.5 Å². The van der Waals surface area contributed by atoms with Crippen LogP contribution in [0.4, 0.5) is 0 Å². The Labute approximate surface area is 229 Å². The summed E-state index contributed by atoms with van der Waals surface area (Å²) < 4.78 is 13.6. The van der Waals surface area contributed by atoms with E-state index in [1.165, 1.54) is 0 Å². The van der Waals surface area contributed by atoms with E-state index in [1.807, 2.05) is 44.2 Å². The Hall–Kier alpha value is -3.51. The first-order valence-electron chi connectivity index (χ1n) is 13.2. The van der Waals surface area contributed by atoms with Gasteiger partial charge in [-0.15, -0.1) is 0 Å². The van der Waals surface area contributed by atoms with Crippen LogP contribution in [0.15, 0.2) is 60.7 Å². The van der Waals surface area contributed by atoms with Crippen molar-refractivity contribution >= 4 is 28.5 Å². The molecule has 0 aliphatic rings. The molecule has 7 heteroatoms. The van der Waals surface area contributed by atoms with Crippen LogP contribution in [0, 0.1) is 13.8 Å². The molecule has 0 aliphatic heterocycles. The highest BCUT2D eigenvalue weighted by Gasteiger charge is 2.12. The summed E-state index contributed by atoms with van der Waals surface area (Å²) in [6, 6.07) is 19.6. The number of para-hydroxylation sites is 3. The predicted octanol–water partition coefficient (Wildman–Crippen LogP) is 6.93. The summed E-state index contributed by atoms with van der Waals surface area (Å²) in [5.41, 5.74) is 4.81. The Kier molecular flexibility index (Phi) is 9.66. The number of carbonyl (C=O) groups is 1. The van der Waals surface area contributed by atoms with Gasteiger partial charge >= 0.3 is 0 Å². The average molecular weight is 534 g/mol. The zero-order valence-electron chi connectivity index (χ0n) is 22.4. The van der Waals surface area contributed by atoms with Gasteiger partial charge in [0.1, 0.15) is 17.3 Å². The standard InChI is InChI=1S/C31H36ClN3O3/c1-22-20-24(21-23(2)30(22)32)38-19-11-18-35-27-14-8-7-13-26(27)34-29(35)16-5-4-10-17-33-31(36)25-12-6-9-15-28(25)37-3/h6-9,12-15,20-21H,4-5,10-11,16-19H2,1-3H3,(H,33,36). The number of aryl methyl sites for hydroxylation is 4. The molecule has 0 saturated heterocycles. The van der Waals surface area contributed by atoms with Crippen LogP contribution in [0.5, 0.6) is 11.5 Å². The molecule has 1 N–H and O–H groups in total. The number of benzene rings is 3. The maximum Gasteiger partial charge on any atom is 0.255 e. The second-order valence-corrected chi connectivity index (χ2v) is 9.89. The van der Waals surface area contributed by atoms with E-state index >= 15 is 0 Å².